The Bertz CT molecular complexity index is 1190. The Labute approximate surface area is 205 Å². The summed E-state index contributed by atoms with van der Waals surface area (Å²) in [6.07, 6.45) is 4.14. The van der Waals surface area contributed by atoms with E-state index in [4.69, 9.17) is 19.4 Å². The minimum atomic E-state index is -0.150. The van der Waals surface area contributed by atoms with Gasteiger partial charge in [-0.15, -0.1) is 0 Å². The minimum Gasteiger partial charge on any atom is -0.493 e. The van der Waals surface area contributed by atoms with Crippen LogP contribution in [0.3, 0.4) is 0 Å². The SMILES string of the molecule is COc1ccccc1Oc1nc(N2CCCCC2)nc2c1CN(C(=O)Nc1ccc(C)cc1)CC2. The first-order valence-corrected chi connectivity index (χ1v) is 12.2. The van der Waals surface area contributed by atoms with Crippen LogP contribution in [-0.4, -0.2) is 47.6 Å². The lowest BCUT2D eigenvalue weighted by Crippen LogP contribution is -2.40. The second kappa shape index (κ2) is 10.2. The Morgan fingerprint density at radius 3 is 2.43 bits per heavy atom. The Balaban J connectivity index is 1.44. The van der Waals surface area contributed by atoms with E-state index in [9.17, 15) is 4.79 Å². The Morgan fingerprint density at radius 2 is 1.69 bits per heavy atom. The molecule has 35 heavy (non-hydrogen) atoms. The van der Waals surface area contributed by atoms with Crippen LogP contribution in [0.1, 0.15) is 36.1 Å². The van der Waals surface area contributed by atoms with Crippen LogP contribution >= 0.6 is 0 Å². The van der Waals surface area contributed by atoms with Gasteiger partial charge in [0.1, 0.15) is 0 Å². The van der Waals surface area contributed by atoms with E-state index in [0.717, 1.165) is 48.4 Å². The van der Waals surface area contributed by atoms with Crippen LogP contribution in [-0.2, 0) is 13.0 Å². The summed E-state index contributed by atoms with van der Waals surface area (Å²) in [4.78, 5) is 26.8. The number of methoxy groups -OCH3 is 1. The number of hydrogen-bond acceptors (Lipinski definition) is 6. The number of nitrogens with zero attached hydrogens (tertiary/aromatic N) is 4. The van der Waals surface area contributed by atoms with Gasteiger partial charge in [-0.05, 0) is 50.5 Å². The lowest BCUT2D eigenvalue weighted by atomic mass is 10.1. The molecular formula is C27H31N5O3. The van der Waals surface area contributed by atoms with Gasteiger partial charge in [-0.25, -0.2) is 9.78 Å². The van der Waals surface area contributed by atoms with Crippen molar-refractivity contribution in [3.63, 3.8) is 0 Å². The number of carbonyl (C=O) groups is 1. The molecule has 2 aliphatic rings. The molecule has 1 N–H and O–H groups in total. The summed E-state index contributed by atoms with van der Waals surface area (Å²) < 4.78 is 11.8. The highest BCUT2D eigenvalue weighted by Gasteiger charge is 2.28. The third kappa shape index (κ3) is 5.16. The summed E-state index contributed by atoms with van der Waals surface area (Å²) >= 11 is 0. The molecule has 2 amide bonds. The third-order valence-electron chi connectivity index (χ3n) is 6.52. The van der Waals surface area contributed by atoms with Crippen molar-refractivity contribution in [1.82, 2.24) is 14.9 Å². The fraction of sp³-hybridized carbons (Fsp3) is 0.370. The minimum absolute atomic E-state index is 0.150. The van der Waals surface area contributed by atoms with Crippen LogP contribution in [0.15, 0.2) is 48.5 Å². The number of aryl methyl sites for hydroxylation is 1. The number of urea groups is 1. The summed E-state index contributed by atoms with van der Waals surface area (Å²) in [5, 5.41) is 3.00. The van der Waals surface area contributed by atoms with Gasteiger partial charge in [-0.3, -0.25) is 0 Å². The molecule has 1 aromatic heterocycles. The quantitative estimate of drug-likeness (QED) is 0.551. The highest BCUT2D eigenvalue weighted by molar-refractivity contribution is 5.89. The van der Waals surface area contributed by atoms with Crippen LogP contribution in [0, 0.1) is 6.92 Å². The monoisotopic (exact) mass is 473 g/mol. The number of hydrogen-bond donors (Lipinski definition) is 1. The standard InChI is InChI=1S/C27H31N5O3/c1-19-10-12-20(13-11-19)28-27(33)32-17-14-22-21(18-32)25(35-24-9-5-4-8-23(24)34-2)30-26(29-22)31-15-6-3-7-16-31/h4-5,8-13H,3,6-7,14-18H2,1-2H3,(H,28,33). The number of aromatic nitrogens is 2. The van der Waals surface area contributed by atoms with E-state index in [1.165, 1.54) is 6.42 Å². The summed E-state index contributed by atoms with van der Waals surface area (Å²) in [6, 6.07) is 15.2. The van der Waals surface area contributed by atoms with Crippen molar-refractivity contribution in [3.8, 4) is 17.4 Å². The molecule has 5 rings (SSSR count). The molecule has 0 radical (unpaired) electrons. The average Bonchev–Trinajstić information content (AvgIpc) is 2.90. The van der Waals surface area contributed by atoms with Gasteiger partial charge >= 0.3 is 6.03 Å². The number of piperidine rings is 1. The van der Waals surface area contributed by atoms with Gasteiger partial charge in [-0.2, -0.15) is 4.98 Å². The molecule has 2 aromatic carbocycles. The van der Waals surface area contributed by atoms with Gasteiger partial charge in [0.25, 0.3) is 0 Å². The van der Waals surface area contributed by atoms with Gasteiger partial charge in [0.15, 0.2) is 11.5 Å². The lowest BCUT2D eigenvalue weighted by molar-refractivity contribution is 0.205. The molecule has 1 fully saturated rings. The number of ether oxygens (including phenoxy) is 2. The lowest BCUT2D eigenvalue weighted by Gasteiger charge is -2.32. The maximum atomic E-state index is 13.1. The predicted octanol–water partition coefficient (Wildman–Crippen LogP) is 5.17. The average molecular weight is 474 g/mol. The molecule has 3 heterocycles. The van der Waals surface area contributed by atoms with E-state index in [-0.39, 0.29) is 6.03 Å². The predicted molar refractivity (Wildman–Crippen MR) is 135 cm³/mol. The van der Waals surface area contributed by atoms with Crippen molar-refractivity contribution in [2.75, 3.05) is 37.0 Å². The van der Waals surface area contributed by atoms with Gasteiger partial charge in [0.2, 0.25) is 11.8 Å². The highest BCUT2D eigenvalue weighted by Crippen LogP contribution is 2.35. The summed E-state index contributed by atoms with van der Waals surface area (Å²) in [5.41, 5.74) is 3.69. The molecular weight excluding hydrogens is 442 g/mol. The van der Waals surface area contributed by atoms with Crippen LogP contribution in [0.4, 0.5) is 16.4 Å². The van der Waals surface area contributed by atoms with Crippen LogP contribution in [0.2, 0.25) is 0 Å². The summed E-state index contributed by atoms with van der Waals surface area (Å²) in [6.45, 7) is 4.86. The van der Waals surface area contributed by atoms with E-state index < -0.39 is 0 Å². The van der Waals surface area contributed by atoms with Crippen molar-refractivity contribution in [3.05, 3.63) is 65.4 Å². The van der Waals surface area contributed by atoms with Gasteiger partial charge in [0, 0.05) is 31.7 Å². The molecule has 3 aromatic rings. The second-order valence-electron chi connectivity index (χ2n) is 9.02. The molecule has 0 bridgehead atoms. The maximum absolute atomic E-state index is 13.1. The molecule has 1 saturated heterocycles. The summed E-state index contributed by atoms with van der Waals surface area (Å²) in [7, 11) is 1.62. The molecule has 0 atom stereocenters. The fourth-order valence-electron chi connectivity index (χ4n) is 4.51. The smallest absolute Gasteiger partial charge is 0.322 e. The molecule has 0 saturated carbocycles. The zero-order valence-electron chi connectivity index (χ0n) is 20.3. The van der Waals surface area contributed by atoms with Crippen LogP contribution in [0.5, 0.6) is 17.4 Å². The van der Waals surface area contributed by atoms with Gasteiger partial charge in [0.05, 0.1) is 24.9 Å². The molecule has 182 valence electrons. The molecule has 8 nitrogen and oxygen atoms in total. The number of amides is 2. The zero-order chi connectivity index (χ0) is 24.2. The van der Waals surface area contributed by atoms with Crippen molar-refractivity contribution >= 4 is 17.7 Å². The van der Waals surface area contributed by atoms with E-state index in [1.807, 2.05) is 55.5 Å². The van der Waals surface area contributed by atoms with E-state index in [2.05, 4.69) is 10.2 Å². The molecule has 2 aliphatic heterocycles. The number of carbonyl (C=O) groups excluding carboxylic acids is 1. The van der Waals surface area contributed by atoms with E-state index >= 15 is 0 Å². The number of para-hydroxylation sites is 2. The van der Waals surface area contributed by atoms with Crippen LogP contribution < -0.4 is 19.7 Å². The Hall–Kier alpha value is -3.81. The van der Waals surface area contributed by atoms with Gasteiger partial charge < -0.3 is 24.6 Å². The first-order valence-electron chi connectivity index (χ1n) is 12.2. The van der Waals surface area contributed by atoms with Crippen molar-refractivity contribution in [1.29, 1.82) is 0 Å². The number of anilines is 2. The number of benzene rings is 2. The third-order valence-corrected chi connectivity index (χ3v) is 6.52. The normalized spacial score (nSPS) is 15.4. The topological polar surface area (TPSA) is 79.8 Å². The first kappa shape index (κ1) is 23.0. The molecule has 0 aliphatic carbocycles. The Morgan fingerprint density at radius 1 is 0.943 bits per heavy atom. The van der Waals surface area contributed by atoms with Crippen molar-refractivity contribution in [2.45, 2.75) is 39.2 Å². The molecule has 0 spiro atoms. The molecule has 8 heteroatoms. The largest absolute Gasteiger partial charge is 0.493 e. The molecule has 0 unspecified atom stereocenters. The Kier molecular flexibility index (Phi) is 6.70. The highest BCUT2D eigenvalue weighted by atomic mass is 16.5. The van der Waals surface area contributed by atoms with Crippen LogP contribution in [0.25, 0.3) is 0 Å². The number of rotatable bonds is 5. The first-order chi connectivity index (χ1) is 17.1. The number of fused-ring (bicyclic) bond motifs is 1. The van der Waals surface area contributed by atoms with Gasteiger partial charge in [-0.1, -0.05) is 29.8 Å². The second-order valence-corrected chi connectivity index (χ2v) is 9.02. The zero-order valence-corrected chi connectivity index (χ0v) is 20.3. The maximum Gasteiger partial charge on any atom is 0.322 e. The van der Waals surface area contributed by atoms with Crippen molar-refractivity contribution < 1.29 is 14.3 Å². The van der Waals surface area contributed by atoms with Crippen molar-refractivity contribution in [2.24, 2.45) is 0 Å². The fourth-order valence-corrected chi connectivity index (χ4v) is 4.51. The number of nitrogens with one attached hydrogen (secondary N) is 1. The van der Waals surface area contributed by atoms with E-state index in [1.54, 1.807) is 12.0 Å². The summed E-state index contributed by atoms with van der Waals surface area (Å²) in [5.74, 6) is 2.39. The van der Waals surface area contributed by atoms with E-state index in [0.29, 0.717) is 42.8 Å².